The van der Waals surface area contributed by atoms with Crippen LogP contribution in [0.5, 0.6) is 0 Å². The molecule has 114 valence electrons. The number of nitrogens with one attached hydrogen (secondary N) is 1. The van der Waals surface area contributed by atoms with E-state index in [1.807, 2.05) is 32.0 Å². The largest absolute Gasteiger partial charge is 0.468 e. The third-order valence-electron chi connectivity index (χ3n) is 3.46. The van der Waals surface area contributed by atoms with Gasteiger partial charge in [0, 0.05) is 25.8 Å². The molecule has 2 aromatic rings. The summed E-state index contributed by atoms with van der Waals surface area (Å²) in [6, 6.07) is 7.96. The number of aliphatic hydroxyl groups excluding tert-OH is 1. The molecular weight excluding hydrogens is 271 g/mol. The number of aliphatic hydroxyl groups is 1. The number of rotatable bonds is 6. The summed E-state index contributed by atoms with van der Waals surface area (Å²) in [5, 5.41) is 12.8. The Labute approximate surface area is 124 Å². The van der Waals surface area contributed by atoms with Gasteiger partial charge in [-0.2, -0.15) is 0 Å². The number of benzene rings is 1. The van der Waals surface area contributed by atoms with Crippen LogP contribution in [0.4, 0.5) is 10.1 Å². The molecule has 0 aliphatic rings. The molecule has 0 amide bonds. The monoisotopic (exact) mass is 292 g/mol. The topological polar surface area (TPSA) is 48.6 Å². The van der Waals surface area contributed by atoms with Crippen molar-refractivity contribution in [2.24, 2.45) is 0 Å². The van der Waals surface area contributed by atoms with Crippen molar-refractivity contribution in [3.8, 4) is 0 Å². The minimum absolute atomic E-state index is 0.0646. The normalized spacial score (nSPS) is 14.0. The minimum Gasteiger partial charge on any atom is -0.468 e. The van der Waals surface area contributed by atoms with Crippen LogP contribution in [0.2, 0.25) is 0 Å². The fraction of sp³-hybridized carbons (Fsp3) is 0.375. The zero-order valence-electron chi connectivity index (χ0n) is 12.5. The van der Waals surface area contributed by atoms with Gasteiger partial charge in [0.1, 0.15) is 11.6 Å². The van der Waals surface area contributed by atoms with Crippen LogP contribution in [0.3, 0.4) is 0 Å². The van der Waals surface area contributed by atoms with E-state index in [0.717, 1.165) is 11.3 Å². The number of nitrogens with zero attached hydrogens (tertiary/aromatic N) is 1. The SMILES string of the molecule is CC(NC(CO)c1ccco1)c1ccc(F)cc1N(C)C. The van der Waals surface area contributed by atoms with Crippen LogP contribution >= 0.6 is 0 Å². The van der Waals surface area contributed by atoms with E-state index in [4.69, 9.17) is 4.42 Å². The molecule has 2 atom stereocenters. The number of furan rings is 1. The first-order chi connectivity index (χ1) is 10.0. The zero-order valence-corrected chi connectivity index (χ0v) is 12.5. The van der Waals surface area contributed by atoms with Gasteiger partial charge in [0.2, 0.25) is 0 Å². The van der Waals surface area contributed by atoms with Gasteiger partial charge in [0.15, 0.2) is 0 Å². The Morgan fingerprint density at radius 3 is 2.67 bits per heavy atom. The summed E-state index contributed by atoms with van der Waals surface area (Å²) in [6.45, 7) is 1.90. The van der Waals surface area contributed by atoms with Crippen molar-refractivity contribution in [1.82, 2.24) is 5.32 Å². The first kappa shape index (κ1) is 15.5. The molecule has 2 rings (SSSR count). The summed E-state index contributed by atoms with van der Waals surface area (Å²) < 4.78 is 18.7. The Morgan fingerprint density at radius 1 is 1.33 bits per heavy atom. The van der Waals surface area contributed by atoms with Gasteiger partial charge in [-0.3, -0.25) is 5.32 Å². The van der Waals surface area contributed by atoms with E-state index in [1.165, 1.54) is 12.1 Å². The molecule has 2 unspecified atom stereocenters. The molecular formula is C16H21FN2O2. The van der Waals surface area contributed by atoms with Crippen LogP contribution in [-0.2, 0) is 0 Å². The summed E-state index contributed by atoms with van der Waals surface area (Å²) in [5.74, 6) is 0.414. The molecule has 0 aliphatic heterocycles. The maximum Gasteiger partial charge on any atom is 0.125 e. The molecule has 0 bridgehead atoms. The maximum absolute atomic E-state index is 13.4. The van der Waals surface area contributed by atoms with Crippen molar-refractivity contribution in [2.75, 3.05) is 25.6 Å². The number of hydrogen-bond acceptors (Lipinski definition) is 4. The minimum atomic E-state index is -0.296. The van der Waals surface area contributed by atoms with E-state index in [-0.39, 0.29) is 24.5 Å². The van der Waals surface area contributed by atoms with Crippen LogP contribution in [0.15, 0.2) is 41.0 Å². The Bertz CT molecular complexity index is 570. The smallest absolute Gasteiger partial charge is 0.125 e. The number of halogens is 1. The molecule has 1 aromatic heterocycles. The van der Waals surface area contributed by atoms with Gasteiger partial charge in [0.25, 0.3) is 0 Å². The zero-order chi connectivity index (χ0) is 15.4. The quantitative estimate of drug-likeness (QED) is 0.859. The van der Waals surface area contributed by atoms with Gasteiger partial charge in [-0.15, -0.1) is 0 Å². The Morgan fingerprint density at radius 2 is 2.10 bits per heavy atom. The van der Waals surface area contributed by atoms with Crippen molar-refractivity contribution in [2.45, 2.75) is 19.0 Å². The summed E-state index contributed by atoms with van der Waals surface area (Å²) in [7, 11) is 3.75. The lowest BCUT2D eigenvalue weighted by Gasteiger charge is -2.25. The standard InChI is InChI=1S/C16H21FN2O2/c1-11(18-14(10-20)16-5-4-8-21-16)13-7-6-12(17)9-15(13)19(2)3/h4-9,11,14,18,20H,10H2,1-3H3. The van der Waals surface area contributed by atoms with Crippen LogP contribution in [0.1, 0.15) is 30.3 Å². The summed E-state index contributed by atoms with van der Waals surface area (Å²) in [5.41, 5.74) is 1.78. The van der Waals surface area contributed by atoms with Gasteiger partial charge in [-0.05, 0) is 36.8 Å². The highest BCUT2D eigenvalue weighted by atomic mass is 19.1. The van der Waals surface area contributed by atoms with Crippen molar-refractivity contribution < 1.29 is 13.9 Å². The van der Waals surface area contributed by atoms with Gasteiger partial charge < -0.3 is 14.4 Å². The lowest BCUT2D eigenvalue weighted by Crippen LogP contribution is -2.28. The summed E-state index contributed by atoms with van der Waals surface area (Å²) in [4.78, 5) is 1.87. The van der Waals surface area contributed by atoms with Crippen molar-refractivity contribution >= 4 is 5.69 Å². The molecule has 0 fully saturated rings. The van der Waals surface area contributed by atoms with Gasteiger partial charge in [-0.25, -0.2) is 4.39 Å². The maximum atomic E-state index is 13.4. The van der Waals surface area contributed by atoms with E-state index in [1.54, 1.807) is 18.4 Å². The average molecular weight is 292 g/mol. The third kappa shape index (κ3) is 3.62. The highest BCUT2D eigenvalue weighted by molar-refractivity contribution is 5.54. The molecule has 0 spiro atoms. The Hall–Kier alpha value is -1.85. The Balaban J connectivity index is 2.21. The Kier molecular flexibility index (Phi) is 4.98. The number of anilines is 1. The van der Waals surface area contributed by atoms with E-state index in [9.17, 15) is 9.50 Å². The van der Waals surface area contributed by atoms with Crippen LogP contribution in [0, 0.1) is 5.82 Å². The van der Waals surface area contributed by atoms with Gasteiger partial charge in [0.05, 0.1) is 18.9 Å². The molecule has 0 radical (unpaired) electrons. The first-order valence-electron chi connectivity index (χ1n) is 6.90. The van der Waals surface area contributed by atoms with Gasteiger partial charge >= 0.3 is 0 Å². The predicted octanol–water partition coefficient (Wildman–Crippen LogP) is 2.87. The molecule has 1 heterocycles. The van der Waals surface area contributed by atoms with E-state index >= 15 is 0 Å². The van der Waals surface area contributed by atoms with Gasteiger partial charge in [-0.1, -0.05) is 6.07 Å². The van der Waals surface area contributed by atoms with Crippen molar-refractivity contribution in [1.29, 1.82) is 0 Å². The molecule has 4 nitrogen and oxygen atoms in total. The molecule has 1 aromatic carbocycles. The van der Waals surface area contributed by atoms with Crippen molar-refractivity contribution in [3.63, 3.8) is 0 Å². The highest BCUT2D eigenvalue weighted by Crippen LogP contribution is 2.28. The lowest BCUT2D eigenvalue weighted by molar-refractivity contribution is 0.217. The van der Waals surface area contributed by atoms with E-state index in [2.05, 4.69) is 5.32 Å². The second-order valence-electron chi connectivity index (χ2n) is 5.24. The van der Waals surface area contributed by atoms with Crippen LogP contribution in [0.25, 0.3) is 0 Å². The summed E-state index contributed by atoms with van der Waals surface area (Å²) in [6.07, 6.45) is 1.58. The molecule has 0 saturated heterocycles. The third-order valence-corrected chi connectivity index (χ3v) is 3.46. The number of hydrogen-bond donors (Lipinski definition) is 2. The van der Waals surface area contributed by atoms with E-state index < -0.39 is 0 Å². The molecule has 21 heavy (non-hydrogen) atoms. The summed E-state index contributed by atoms with van der Waals surface area (Å²) >= 11 is 0. The van der Waals surface area contributed by atoms with E-state index in [0.29, 0.717) is 5.76 Å². The second-order valence-corrected chi connectivity index (χ2v) is 5.24. The molecule has 0 aliphatic carbocycles. The van der Waals surface area contributed by atoms with Crippen molar-refractivity contribution in [3.05, 3.63) is 53.7 Å². The molecule has 0 saturated carbocycles. The fourth-order valence-corrected chi connectivity index (χ4v) is 2.38. The van der Waals surface area contributed by atoms with Crippen LogP contribution < -0.4 is 10.2 Å². The fourth-order valence-electron chi connectivity index (χ4n) is 2.38. The first-order valence-corrected chi connectivity index (χ1v) is 6.90. The average Bonchev–Trinajstić information content (AvgIpc) is 2.98. The predicted molar refractivity (Wildman–Crippen MR) is 80.8 cm³/mol. The highest BCUT2D eigenvalue weighted by Gasteiger charge is 2.19. The molecule has 2 N–H and O–H groups in total. The molecule has 5 heteroatoms. The van der Waals surface area contributed by atoms with Crippen LogP contribution in [-0.4, -0.2) is 25.8 Å². The lowest BCUT2D eigenvalue weighted by atomic mass is 10.0. The second kappa shape index (κ2) is 6.74.